The predicted molar refractivity (Wildman–Crippen MR) is 98.4 cm³/mol. The van der Waals surface area contributed by atoms with E-state index in [0.29, 0.717) is 12.0 Å². The van der Waals surface area contributed by atoms with Gasteiger partial charge in [0, 0.05) is 29.9 Å². The predicted octanol–water partition coefficient (Wildman–Crippen LogP) is 3.90. The number of aliphatic hydroxyl groups excluding tert-OH is 1. The van der Waals surface area contributed by atoms with Crippen molar-refractivity contribution in [3.05, 3.63) is 71.9 Å². The molecular formula is C21H22N2O2. The molecule has 2 aromatic carbocycles. The fraction of sp³-hybridized carbons (Fsp3) is 0.286. The van der Waals surface area contributed by atoms with Gasteiger partial charge in [0.05, 0.1) is 6.10 Å². The molecule has 1 saturated heterocycles. The number of hydrogen-bond donors (Lipinski definition) is 2. The molecule has 0 spiro atoms. The molecule has 0 radical (unpaired) electrons. The molecule has 0 aliphatic carbocycles. The molecule has 4 nitrogen and oxygen atoms in total. The second-order valence-corrected chi connectivity index (χ2v) is 6.74. The van der Waals surface area contributed by atoms with Gasteiger partial charge in [0.15, 0.2) is 0 Å². The quantitative estimate of drug-likeness (QED) is 0.760. The summed E-state index contributed by atoms with van der Waals surface area (Å²) in [6, 6.07) is 17.5. The normalized spacial score (nSPS) is 18.6. The molecule has 1 aliphatic rings. The van der Waals surface area contributed by atoms with Crippen molar-refractivity contribution >= 4 is 16.8 Å². The van der Waals surface area contributed by atoms with Gasteiger partial charge in [-0.15, -0.1) is 0 Å². The number of rotatable bonds is 4. The summed E-state index contributed by atoms with van der Waals surface area (Å²) in [6.07, 6.45) is 3.86. The van der Waals surface area contributed by atoms with Crippen LogP contribution in [0.25, 0.3) is 10.9 Å². The monoisotopic (exact) mass is 334 g/mol. The van der Waals surface area contributed by atoms with Crippen molar-refractivity contribution in [1.29, 1.82) is 0 Å². The van der Waals surface area contributed by atoms with Crippen LogP contribution in [0.2, 0.25) is 0 Å². The Morgan fingerprint density at radius 2 is 2.04 bits per heavy atom. The molecule has 128 valence electrons. The van der Waals surface area contributed by atoms with Crippen LogP contribution in [0.15, 0.2) is 60.8 Å². The number of aromatic amines is 1. The van der Waals surface area contributed by atoms with Gasteiger partial charge in [0.1, 0.15) is 0 Å². The summed E-state index contributed by atoms with van der Waals surface area (Å²) >= 11 is 0. The molecule has 1 aromatic heterocycles. The zero-order valence-corrected chi connectivity index (χ0v) is 14.1. The highest BCUT2D eigenvalue weighted by molar-refractivity contribution is 5.98. The second kappa shape index (κ2) is 6.73. The molecule has 0 bridgehead atoms. The SMILES string of the molecule is O=C(c1ccc2cc[nH]c2c1)N1CCC[C@@H]1C[C@@H](O)c1ccccc1. The van der Waals surface area contributed by atoms with E-state index in [-0.39, 0.29) is 11.9 Å². The minimum Gasteiger partial charge on any atom is -0.388 e. The number of fused-ring (bicyclic) bond motifs is 1. The van der Waals surface area contributed by atoms with Crippen LogP contribution in [0.1, 0.15) is 41.3 Å². The summed E-state index contributed by atoms with van der Waals surface area (Å²) in [5.41, 5.74) is 2.59. The van der Waals surface area contributed by atoms with Gasteiger partial charge in [-0.05, 0) is 48.4 Å². The summed E-state index contributed by atoms with van der Waals surface area (Å²) in [7, 11) is 0. The number of hydrogen-bond acceptors (Lipinski definition) is 2. The third kappa shape index (κ3) is 3.17. The van der Waals surface area contributed by atoms with E-state index < -0.39 is 6.10 Å². The van der Waals surface area contributed by atoms with Crippen molar-refractivity contribution in [3.63, 3.8) is 0 Å². The van der Waals surface area contributed by atoms with Crippen LogP contribution in [-0.2, 0) is 0 Å². The van der Waals surface area contributed by atoms with Crippen LogP contribution < -0.4 is 0 Å². The Labute approximate surface area is 147 Å². The number of carbonyl (C=O) groups excluding carboxylic acids is 1. The highest BCUT2D eigenvalue weighted by Crippen LogP contribution is 2.29. The van der Waals surface area contributed by atoms with Gasteiger partial charge < -0.3 is 15.0 Å². The molecule has 1 fully saturated rings. The maximum Gasteiger partial charge on any atom is 0.254 e. The minimum atomic E-state index is -0.537. The summed E-state index contributed by atoms with van der Waals surface area (Å²) < 4.78 is 0. The van der Waals surface area contributed by atoms with Crippen molar-refractivity contribution in [3.8, 4) is 0 Å². The maximum absolute atomic E-state index is 13.0. The summed E-state index contributed by atoms with van der Waals surface area (Å²) in [6.45, 7) is 0.758. The Morgan fingerprint density at radius 1 is 1.20 bits per heavy atom. The van der Waals surface area contributed by atoms with E-state index in [1.54, 1.807) is 0 Å². The Hall–Kier alpha value is -2.59. The third-order valence-electron chi connectivity index (χ3n) is 5.12. The lowest BCUT2D eigenvalue weighted by molar-refractivity contribution is 0.0667. The highest BCUT2D eigenvalue weighted by Gasteiger charge is 2.31. The number of benzene rings is 2. The van der Waals surface area contributed by atoms with E-state index in [4.69, 9.17) is 0 Å². The van der Waals surface area contributed by atoms with E-state index in [1.165, 1.54) is 0 Å². The number of nitrogens with zero attached hydrogens (tertiary/aromatic N) is 1. The molecule has 2 heterocycles. The molecule has 3 aromatic rings. The molecule has 2 N–H and O–H groups in total. The summed E-state index contributed by atoms with van der Waals surface area (Å²) in [5, 5.41) is 11.6. The first kappa shape index (κ1) is 15.9. The molecule has 25 heavy (non-hydrogen) atoms. The summed E-state index contributed by atoms with van der Waals surface area (Å²) in [4.78, 5) is 18.1. The van der Waals surface area contributed by atoms with Crippen LogP contribution in [0, 0.1) is 0 Å². The van der Waals surface area contributed by atoms with E-state index in [0.717, 1.165) is 35.9 Å². The Morgan fingerprint density at radius 3 is 2.88 bits per heavy atom. The molecule has 4 rings (SSSR count). The van der Waals surface area contributed by atoms with Crippen molar-refractivity contribution in [1.82, 2.24) is 9.88 Å². The summed E-state index contributed by atoms with van der Waals surface area (Å²) in [5.74, 6) is 0.0549. The Kier molecular flexibility index (Phi) is 4.28. The first-order valence-electron chi connectivity index (χ1n) is 8.83. The largest absolute Gasteiger partial charge is 0.388 e. The molecule has 4 heteroatoms. The van der Waals surface area contributed by atoms with Crippen LogP contribution in [0.3, 0.4) is 0 Å². The van der Waals surface area contributed by atoms with Gasteiger partial charge in [-0.1, -0.05) is 36.4 Å². The number of H-pyrrole nitrogens is 1. The van der Waals surface area contributed by atoms with Crippen molar-refractivity contribution in [2.75, 3.05) is 6.54 Å². The van der Waals surface area contributed by atoms with E-state index in [2.05, 4.69) is 4.98 Å². The van der Waals surface area contributed by atoms with Gasteiger partial charge in [-0.2, -0.15) is 0 Å². The fourth-order valence-electron chi connectivity index (χ4n) is 3.76. The lowest BCUT2D eigenvalue weighted by Crippen LogP contribution is -2.36. The Balaban J connectivity index is 1.51. The number of amides is 1. The van der Waals surface area contributed by atoms with E-state index >= 15 is 0 Å². The topological polar surface area (TPSA) is 56.3 Å². The van der Waals surface area contributed by atoms with E-state index in [1.807, 2.05) is 65.7 Å². The number of aliphatic hydroxyl groups is 1. The standard InChI is InChI=1S/C21H22N2O2/c24-20(16-5-2-1-3-6-16)14-18-7-4-12-23(18)21(25)17-9-8-15-10-11-22-19(15)13-17/h1-3,5-6,8-11,13,18,20,22,24H,4,7,12,14H2/t18-,20-/m1/s1. The van der Waals surface area contributed by atoms with Crippen LogP contribution in [0.5, 0.6) is 0 Å². The molecule has 2 atom stereocenters. The van der Waals surface area contributed by atoms with Crippen LogP contribution >= 0.6 is 0 Å². The van der Waals surface area contributed by atoms with Gasteiger partial charge in [0.2, 0.25) is 0 Å². The van der Waals surface area contributed by atoms with Gasteiger partial charge in [-0.3, -0.25) is 4.79 Å². The molecular weight excluding hydrogens is 312 g/mol. The first-order chi connectivity index (χ1) is 12.2. The first-order valence-corrected chi connectivity index (χ1v) is 8.83. The van der Waals surface area contributed by atoms with Crippen molar-refractivity contribution in [2.24, 2.45) is 0 Å². The molecule has 1 amide bonds. The number of nitrogens with one attached hydrogen (secondary N) is 1. The lowest BCUT2D eigenvalue weighted by Gasteiger charge is -2.27. The number of carbonyl (C=O) groups is 1. The van der Waals surface area contributed by atoms with Crippen molar-refractivity contribution in [2.45, 2.75) is 31.4 Å². The third-order valence-corrected chi connectivity index (χ3v) is 5.12. The average molecular weight is 334 g/mol. The smallest absolute Gasteiger partial charge is 0.254 e. The minimum absolute atomic E-state index is 0.0549. The number of likely N-dealkylation sites (tertiary alicyclic amines) is 1. The lowest BCUT2D eigenvalue weighted by atomic mass is 10.00. The second-order valence-electron chi connectivity index (χ2n) is 6.74. The van der Waals surface area contributed by atoms with Crippen LogP contribution in [0.4, 0.5) is 0 Å². The highest BCUT2D eigenvalue weighted by atomic mass is 16.3. The molecule has 0 saturated carbocycles. The number of aromatic nitrogens is 1. The van der Waals surface area contributed by atoms with Crippen molar-refractivity contribution < 1.29 is 9.90 Å². The average Bonchev–Trinajstić information content (AvgIpc) is 3.30. The Bertz CT molecular complexity index is 872. The van der Waals surface area contributed by atoms with Gasteiger partial charge >= 0.3 is 0 Å². The molecule has 0 unspecified atom stereocenters. The molecule has 1 aliphatic heterocycles. The zero-order chi connectivity index (χ0) is 17.2. The van der Waals surface area contributed by atoms with Gasteiger partial charge in [0.25, 0.3) is 5.91 Å². The maximum atomic E-state index is 13.0. The van der Waals surface area contributed by atoms with E-state index in [9.17, 15) is 9.90 Å². The van der Waals surface area contributed by atoms with Crippen LogP contribution in [-0.4, -0.2) is 33.5 Å². The zero-order valence-electron chi connectivity index (χ0n) is 14.1. The fourth-order valence-corrected chi connectivity index (χ4v) is 3.76. The van der Waals surface area contributed by atoms with Gasteiger partial charge in [-0.25, -0.2) is 0 Å².